The van der Waals surface area contributed by atoms with Gasteiger partial charge in [0.05, 0.1) is 17.4 Å². The average Bonchev–Trinajstić information content (AvgIpc) is 2.53. The van der Waals surface area contributed by atoms with Crippen molar-refractivity contribution in [1.29, 1.82) is 0 Å². The smallest absolute Gasteiger partial charge is 0.311 e. The maximum atomic E-state index is 11.6. The average molecular weight is 315 g/mol. The van der Waals surface area contributed by atoms with Gasteiger partial charge in [-0.05, 0) is 31.0 Å². The number of hydrogen-bond donors (Lipinski definition) is 1. The number of para-hydroxylation sites is 1. The van der Waals surface area contributed by atoms with Crippen molar-refractivity contribution in [3.8, 4) is 5.75 Å². The third-order valence-corrected chi connectivity index (χ3v) is 3.48. The molecule has 2 rings (SSSR count). The van der Waals surface area contributed by atoms with E-state index in [1.165, 1.54) is 6.07 Å². The van der Waals surface area contributed by atoms with Gasteiger partial charge in [-0.15, -0.1) is 0 Å². The number of rotatable bonds is 7. The van der Waals surface area contributed by atoms with Crippen LogP contribution >= 0.6 is 0 Å². The van der Waals surface area contributed by atoms with Crippen molar-refractivity contribution < 1.29 is 19.6 Å². The molecule has 0 aliphatic heterocycles. The van der Waals surface area contributed by atoms with E-state index >= 15 is 0 Å². The first-order valence-corrected chi connectivity index (χ1v) is 7.20. The van der Waals surface area contributed by atoms with Crippen LogP contribution in [0.1, 0.15) is 24.0 Å². The van der Waals surface area contributed by atoms with Crippen LogP contribution in [0.4, 0.5) is 5.69 Å². The first-order valence-electron chi connectivity index (χ1n) is 7.20. The van der Waals surface area contributed by atoms with Gasteiger partial charge in [-0.3, -0.25) is 14.9 Å². The largest absolute Gasteiger partial charge is 0.494 e. The van der Waals surface area contributed by atoms with Crippen molar-refractivity contribution in [3.05, 3.63) is 69.8 Å². The molecule has 2 aromatic carbocycles. The fourth-order valence-electron chi connectivity index (χ4n) is 2.42. The topological polar surface area (TPSA) is 89.7 Å². The summed E-state index contributed by atoms with van der Waals surface area (Å²) in [6.07, 6.45) is 0.0437. The number of hydrogen-bond acceptors (Lipinski definition) is 4. The Morgan fingerprint density at radius 1 is 1.26 bits per heavy atom. The van der Waals surface area contributed by atoms with Crippen molar-refractivity contribution in [2.75, 3.05) is 6.61 Å². The zero-order valence-electron chi connectivity index (χ0n) is 12.6. The number of ether oxygens (including phenoxy) is 1. The van der Waals surface area contributed by atoms with Crippen LogP contribution in [0.3, 0.4) is 0 Å². The molecule has 0 amide bonds. The van der Waals surface area contributed by atoms with Gasteiger partial charge in [0, 0.05) is 11.6 Å². The summed E-state index contributed by atoms with van der Waals surface area (Å²) in [4.78, 5) is 22.2. The standard InChI is InChI=1S/C17H17NO5/c1-2-23-14-8-5-7-12(10-14)15(17(19)20)11-13-6-3-4-9-16(13)18(21)22/h3-10,15H,2,11H2,1H3,(H,19,20). The van der Waals surface area contributed by atoms with Gasteiger partial charge in [0.2, 0.25) is 0 Å². The predicted molar refractivity (Wildman–Crippen MR) is 84.8 cm³/mol. The zero-order valence-corrected chi connectivity index (χ0v) is 12.6. The molecule has 1 unspecified atom stereocenters. The lowest BCUT2D eigenvalue weighted by atomic mass is 9.91. The number of benzene rings is 2. The molecule has 0 fully saturated rings. The molecule has 0 radical (unpaired) electrons. The van der Waals surface area contributed by atoms with Gasteiger partial charge in [0.1, 0.15) is 5.75 Å². The van der Waals surface area contributed by atoms with Gasteiger partial charge < -0.3 is 9.84 Å². The minimum Gasteiger partial charge on any atom is -0.494 e. The highest BCUT2D eigenvalue weighted by Gasteiger charge is 2.24. The van der Waals surface area contributed by atoms with E-state index in [0.29, 0.717) is 23.5 Å². The van der Waals surface area contributed by atoms with Crippen LogP contribution in [0.25, 0.3) is 0 Å². The van der Waals surface area contributed by atoms with Crippen LogP contribution in [-0.2, 0) is 11.2 Å². The third-order valence-electron chi connectivity index (χ3n) is 3.48. The van der Waals surface area contributed by atoms with Crippen LogP contribution < -0.4 is 4.74 Å². The highest BCUT2D eigenvalue weighted by atomic mass is 16.6. The second-order valence-electron chi connectivity index (χ2n) is 4.99. The summed E-state index contributed by atoms with van der Waals surface area (Å²) in [7, 11) is 0. The highest BCUT2D eigenvalue weighted by molar-refractivity contribution is 5.77. The van der Waals surface area contributed by atoms with E-state index in [2.05, 4.69) is 0 Å². The first kappa shape index (κ1) is 16.5. The van der Waals surface area contributed by atoms with Gasteiger partial charge in [0.25, 0.3) is 5.69 Å². The van der Waals surface area contributed by atoms with Gasteiger partial charge in [-0.25, -0.2) is 0 Å². The predicted octanol–water partition coefficient (Wildman–Crippen LogP) is 3.40. The quantitative estimate of drug-likeness (QED) is 0.624. The van der Waals surface area contributed by atoms with Crippen molar-refractivity contribution in [2.45, 2.75) is 19.3 Å². The Bertz CT molecular complexity index is 714. The summed E-state index contributed by atoms with van der Waals surface area (Å²) in [6.45, 7) is 2.32. The van der Waals surface area contributed by atoms with Crippen LogP contribution in [0.5, 0.6) is 5.75 Å². The zero-order chi connectivity index (χ0) is 16.8. The summed E-state index contributed by atoms with van der Waals surface area (Å²) in [5, 5.41) is 20.6. The molecule has 0 saturated carbocycles. The van der Waals surface area contributed by atoms with E-state index in [1.807, 2.05) is 6.92 Å². The summed E-state index contributed by atoms with van der Waals surface area (Å²) < 4.78 is 5.39. The van der Waals surface area contributed by atoms with Crippen molar-refractivity contribution in [3.63, 3.8) is 0 Å². The molecule has 6 heteroatoms. The summed E-state index contributed by atoms with van der Waals surface area (Å²) in [5.74, 6) is -1.33. The lowest BCUT2D eigenvalue weighted by Gasteiger charge is -2.14. The molecule has 1 N–H and O–H groups in total. The fraction of sp³-hybridized carbons (Fsp3) is 0.235. The van der Waals surface area contributed by atoms with E-state index in [0.717, 1.165) is 0 Å². The van der Waals surface area contributed by atoms with E-state index in [9.17, 15) is 20.0 Å². The molecule has 23 heavy (non-hydrogen) atoms. The van der Waals surface area contributed by atoms with Crippen molar-refractivity contribution in [1.82, 2.24) is 0 Å². The second kappa shape index (κ2) is 7.40. The first-order chi connectivity index (χ1) is 11.0. The van der Waals surface area contributed by atoms with Crippen molar-refractivity contribution >= 4 is 11.7 Å². The van der Waals surface area contributed by atoms with E-state index < -0.39 is 16.8 Å². The number of nitro groups is 1. The lowest BCUT2D eigenvalue weighted by molar-refractivity contribution is -0.385. The molecule has 0 saturated heterocycles. The SMILES string of the molecule is CCOc1cccc(C(Cc2ccccc2[N+](=O)[O-])C(=O)O)c1. The van der Waals surface area contributed by atoms with Gasteiger partial charge in [0.15, 0.2) is 0 Å². The molecule has 0 heterocycles. The molecule has 0 aromatic heterocycles. The van der Waals surface area contributed by atoms with Crippen molar-refractivity contribution in [2.24, 2.45) is 0 Å². The summed E-state index contributed by atoms with van der Waals surface area (Å²) >= 11 is 0. The molecule has 0 spiro atoms. The number of nitrogens with zero attached hydrogens (tertiary/aromatic N) is 1. The van der Waals surface area contributed by atoms with Crippen LogP contribution in [-0.4, -0.2) is 22.6 Å². The Hall–Kier alpha value is -2.89. The maximum Gasteiger partial charge on any atom is 0.311 e. The van der Waals surface area contributed by atoms with Crippen LogP contribution in [0, 0.1) is 10.1 Å². The van der Waals surface area contributed by atoms with E-state index in [-0.39, 0.29) is 12.1 Å². The second-order valence-corrected chi connectivity index (χ2v) is 4.99. The van der Waals surface area contributed by atoms with Gasteiger partial charge >= 0.3 is 5.97 Å². The third kappa shape index (κ3) is 4.06. The molecular weight excluding hydrogens is 298 g/mol. The molecule has 0 aliphatic rings. The molecule has 0 bridgehead atoms. The number of nitro benzene ring substituents is 1. The number of carboxylic acids is 1. The Morgan fingerprint density at radius 3 is 2.65 bits per heavy atom. The molecular formula is C17H17NO5. The molecule has 0 aliphatic carbocycles. The Labute approximate surface area is 133 Å². The van der Waals surface area contributed by atoms with E-state index in [4.69, 9.17) is 4.74 Å². The molecule has 120 valence electrons. The lowest BCUT2D eigenvalue weighted by Crippen LogP contribution is -2.15. The van der Waals surface area contributed by atoms with Gasteiger partial charge in [-0.1, -0.05) is 30.3 Å². The monoisotopic (exact) mass is 315 g/mol. The minimum absolute atomic E-state index is 0.0437. The summed E-state index contributed by atoms with van der Waals surface area (Å²) in [6, 6.07) is 13.0. The Kier molecular flexibility index (Phi) is 5.30. The number of aliphatic carboxylic acids is 1. The van der Waals surface area contributed by atoms with Crippen LogP contribution in [0.2, 0.25) is 0 Å². The minimum atomic E-state index is -1.03. The van der Waals surface area contributed by atoms with Crippen LogP contribution in [0.15, 0.2) is 48.5 Å². The maximum absolute atomic E-state index is 11.6. The molecule has 1 atom stereocenters. The molecule has 6 nitrogen and oxygen atoms in total. The summed E-state index contributed by atoms with van der Waals surface area (Å²) in [5.41, 5.74) is 0.882. The van der Waals surface area contributed by atoms with Gasteiger partial charge in [-0.2, -0.15) is 0 Å². The number of carboxylic acid groups (broad SMARTS) is 1. The number of carbonyl (C=O) groups is 1. The van der Waals surface area contributed by atoms with E-state index in [1.54, 1.807) is 42.5 Å². The Morgan fingerprint density at radius 2 is 2.00 bits per heavy atom. The normalized spacial score (nSPS) is 11.7. The Balaban J connectivity index is 2.35. The highest BCUT2D eigenvalue weighted by Crippen LogP contribution is 2.28. The molecule has 2 aromatic rings. The fourth-order valence-corrected chi connectivity index (χ4v) is 2.42.